The lowest BCUT2D eigenvalue weighted by Gasteiger charge is -2.19. The van der Waals surface area contributed by atoms with Gasteiger partial charge in [-0.1, -0.05) is 6.42 Å². The summed E-state index contributed by atoms with van der Waals surface area (Å²) in [5, 5.41) is 5.13. The van der Waals surface area contributed by atoms with Crippen LogP contribution in [-0.4, -0.2) is 23.1 Å². The van der Waals surface area contributed by atoms with E-state index in [4.69, 9.17) is 0 Å². The van der Waals surface area contributed by atoms with E-state index in [-0.39, 0.29) is 11.9 Å². The van der Waals surface area contributed by atoms with Crippen LogP contribution in [-0.2, 0) is 11.8 Å². The molecule has 1 aliphatic rings. The van der Waals surface area contributed by atoms with Gasteiger partial charge in [0.05, 0.1) is 6.04 Å². The van der Waals surface area contributed by atoms with Crippen LogP contribution in [0.5, 0.6) is 0 Å². The van der Waals surface area contributed by atoms with Gasteiger partial charge in [-0.2, -0.15) is 4.99 Å². The van der Waals surface area contributed by atoms with Crippen molar-refractivity contribution in [3.05, 3.63) is 16.4 Å². The minimum absolute atomic E-state index is 0.0345. The number of thiazole rings is 1. The van der Waals surface area contributed by atoms with Crippen molar-refractivity contribution in [2.75, 3.05) is 6.54 Å². The molecule has 15 heavy (non-hydrogen) atoms. The van der Waals surface area contributed by atoms with Crippen molar-refractivity contribution in [3.8, 4) is 0 Å². The Kier molecular flexibility index (Phi) is 3.33. The molecule has 1 aromatic heterocycles. The highest BCUT2D eigenvalue weighted by Gasteiger charge is 2.19. The zero-order valence-electron chi connectivity index (χ0n) is 8.77. The van der Waals surface area contributed by atoms with E-state index in [1.54, 1.807) is 0 Å². The van der Waals surface area contributed by atoms with Gasteiger partial charge in [0.1, 0.15) is 0 Å². The van der Waals surface area contributed by atoms with Gasteiger partial charge in [0.15, 0.2) is 4.80 Å². The first-order valence-electron chi connectivity index (χ1n) is 5.19. The maximum atomic E-state index is 11.8. The van der Waals surface area contributed by atoms with E-state index in [0.29, 0.717) is 0 Å². The number of amides is 1. The average Bonchev–Trinajstić information content (AvgIpc) is 2.66. The highest BCUT2D eigenvalue weighted by atomic mass is 32.1. The van der Waals surface area contributed by atoms with Crippen molar-refractivity contribution in [2.45, 2.75) is 25.3 Å². The third-order valence-corrected chi connectivity index (χ3v) is 3.42. The summed E-state index contributed by atoms with van der Waals surface area (Å²) in [6.45, 7) is 0.933. The van der Waals surface area contributed by atoms with Gasteiger partial charge in [0, 0.05) is 18.6 Å². The van der Waals surface area contributed by atoms with Gasteiger partial charge in [0.25, 0.3) is 5.91 Å². The number of aryl methyl sites for hydroxylation is 1. The highest BCUT2D eigenvalue weighted by Crippen LogP contribution is 2.07. The van der Waals surface area contributed by atoms with Crippen LogP contribution >= 0.6 is 11.3 Å². The molecule has 1 saturated heterocycles. The van der Waals surface area contributed by atoms with Crippen LogP contribution in [0.3, 0.4) is 0 Å². The van der Waals surface area contributed by atoms with E-state index in [1.807, 2.05) is 23.2 Å². The van der Waals surface area contributed by atoms with Gasteiger partial charge in [-0.15, -0.1) is 11.3 Å². The largest absolute Gasteiger partial charge is 0.327 e. The molecule has 2 rings (SSSR count). The Hall–Kier alpha value is -0.940. The summed E-state index contributed by atoms with van der Waals surface area (Å²) >= 11 is 1.49. The number of piperidine rings is 1. The fourth-order valence-corrected chi connectivity index (χ4v) is 2.40. The van der Waals surface area contributed by atoms with Crippen LogP contribution in [0, 0.1) is 0 Å². The van der Waals surface area contributed by atoms with Crippen LogP contribution in [0.2, 0.25) is 0 Å². The minimum atomic E-state index is -0.0687. The minimum Gasteiger partial charge on any atom is -0.327 e. The Labute approximate surface area is 92.7 Å². The quantitative estimate of drug-likeness (QED) is 0.763. The van der Waals surface area contributed by atoms with Crippen molar-refractivity contribution in [1.29, 1.82) is 0 Å². The van der Waals surface area contributed by atoms with Crippen molar-refractivity contribution in [3.63, 3.8) is 0 Å². The molecular formula is C10H15N3OS. The Morgan fingerprint density at radius 3 is 3.13 bits per heavy atom. The molecule has 4 nitrogen and oxygen atoms in total. The summed E-state index contributed by atoms with van der Waals surface area (Å²) in [7, 11) is 1.90. The first-order valence-corrected chi connectivity index (χ1v) is 6.07. The summed E-state index contributed by atoms with van der Waals surface area (Å²) in [5.74, 6) is -0.0345. The normalized spacial score (nSPS) is 23.0. The third kappa shape index (κ3) is 2.54. The number of carbonyl (C=O) groups is 1. The summed E-state index contributed by atoms with van der Waals surface area (Å²) in [6, 6.07) is -0.0687. The van der Waals surface area contributed by atoms with Crippen molar-refractivity contribution in [1.82, 2.24) is 9.88 Å². The van der Waals surface area contributed by atoms with Crippen molar-refractivity contribution < 1.29 is 4.79 Å². The third-order valence-electron chi connectivity index (χ3n) is 2.57. The SMILES string of the molecule is Cn1ccsc1=NC(=O)C1CCCCN1. The molecule has 1 aromatic rings. The molecule has 0 saturated carbocycles. The second-order valence-corrected chi connectivity index (χ2v) is 4.62. The predicted octanol–water partition coefficient (Wildman–Crippen LogP) is 0.656. The molecule has 0 bridgehead atoms. The molecule has 5 heteroatoms. The maximum absolute atomic E-state index is 11.8. The summed E-state index contributed by atoms with van der Waals surface area (Å²) < 4.78 is 1.87. The average molecular weight is 225 g/mol. The van der Waals surface area contributed by atoms with Crippen LogP contribution in [0.15, 0.2) is 16.6 Å². The fraction of sp³-hybridized carbons (Fsp3) is 0.600. The molecule has 82 valence electrons. The van der Waals surface area contributed by atoms with Gasteiger partial charge < -0.3 is 9.88 Å². The van der Waals surface area contributed by atoms with Gasteiger partial charge in [-0.25, -0.2) is 0 Å². The van der Waals surface area contributed by atoms with Gasteiger partial charge in [0.2, 0.25) is 0 Å². The van der Waals surface area contributed by atoms with E-state index in [2.05, 4.69) is 10.3 Å². The number of aromatic nitrogens is 1. The van der Waals surface area contributed by atoms with Gasteiger partial charge in [-0.3, -0.25) is 4.79 Å². The molecule has 0 aromatic carbocycles. The van der Waals surface area contributed by atoms with E-state index in [9.17, 15) is 4.79 Å². The topological polar surface area (TPSA) is 46.4 Å². The summed E-state index contributed by atoms with van der Waals surface area (Å²) in [4.78, 5) is 16.7. The summed E-state index contributed by atoms with van der Waals surface area (Å²) in [5.41, 5.74) is 0. The van der Waals surface area contributed by atoms with E-state index >= 15 is 0 Å². The number of rotatable bonds is 1. The smallest absolute Gasteiger partial charge is 0.265 e. The van der Waals surface area contributed by atoms with Gasteiger partial charge in [-0.05, 0) is 19.4 Å². The lowest BCUT2D eigenvalue weighted by atomic mass is 10.0. The monoisotopic (exact) mass is 225 g/mol. The molecule has 0 aliphatic carbocycles. The highest BCUT2D eigenvalue weighted by molar-refractivity contribution is 7.07. The lowest BCUT2D eigenvalue weighted by molar-refractivity contribution is -0.120. The molecule has 0 spiro atoms. The molecule has 0 radical (unpaired) electrons. The zero-order valence-corrected chi connectivity index (χ0v) is 9.59. The number of hydrogen-bond acceptors (Lipinski definition) is 3. The number of nitrogens with one attached hydrogen (secondary N) is 1. The number of nitrogens with zero attached hydrogens (tertiary/aromatic N) is 2. The van der Waals surface area contributed by atoms with Gasteiger partial charge >= 0.3 is 0 Å². The second-order valence-electron chi connectivity index (χ2n) is 3.75. The Morgan fingerprint density at radius 2 is 2.53 bits per heavy atom. The molecule has 1 aliphatic heterocycles. The van der Waals surface area contributed by atoms with Crippen LogP contribution in [0.1, 0.15) is 19.3 Å². The predicted molar refractivity (Wildman–Crippen MR) is 59.5 cm³/mol. The molecule has 1 fully saturated rings. The molecular weight excluding hydrogens is 210 g/mol. The fourth-order valence-electron chi connectivity index (χ4n) is 1.67. The van der Waals surface area contributed by atoms with Crippen molar-refractivity contribution >= 4 is 17.2 Å². The molecule has 2 heterocycles. The van der Waals surface area contributed by atoms with Crippen LogP contribution in [0.25, 0.3) is 0 Å². The first-order chi connectivity index (χ1) is 7.27. The number of hydrogen-bond donors (Lipinski definition) is 1. The molecule has 1 atom stereocenters. The maximum Gasteiger partial charge on any atom is 0.265 e. The van der Waals surface area contributed by atoms with Crippen molar-refractivity contribution in [2.24, 2.45) is 12.0 Å². The standard InChI is InChI=1S/C10H15N3OS/c1-13-6-7-15-10(13)12-9(14)8-4-2-3-5-11-8/h6-8,11H,2-5H2,1H3. The number of carbonyl (C=O) groups excluding carboxylic acids is 1. The Morgan fingerprint density at radius 1 is 1.67 bits per heavy atom. The van der Waals surface area contributed by atoms with Crippen LogP contribution in [0.4, 0.5) is 0 Å². The van der Waals surface area contributed by atoms with Crippen LogP contribution < -0.4 is 10.1 Å². The molecule has 1 unspecified atom stereocenters. The Balaban J connectivity index is 2.12. The molecule has 1 amide bonds. The zero-order chi connectivity index (χ0) is 10.7. The second kappa shape index (κ2) is 4.72. The first kappa shape index (κ1) is 10.6. The Bertz CT molecular complexity index is 401. The lowest BCUT2D eigenvalue weighted by Crippen LogP contribution is -2.40. The van der Waals surface area contributed by atoms with E-state index < -0.39 is 0 Å². The van der Waals surface area contributed by atoms with E-state index in [0.717, 1.165) is 30.6 Å². The summed E-state index contributed by atoms with van der Waals surface area (Å²) in [6.07, 6.45) is 5.11. The van der Waals surface area contributed by atoms with E-state index in [1.165, 1.54) is 11.3 Å². The molecule has 1 N–H and O–H groups in total.